The number of fused-ring (bicyclic) bond motifs is 4. The second kappa shape index (κ2) is 10.7. The Balaban J connectivity index is 0.000000172. The van der Waals surface area contributed by atoms with Gasteiger partial charge < -0.3 is 14.4 Å². The first-order chi connectivity index (χ1) is 17.7. The van der Waals surface area contributed by atoms with Crippen molar-refractivity contribution in [3.8, 4) is 22.5 Å². The van der Waals surface area contributed by atoms with Gasteiger partial charge >= 0.3 is 0 Å². The average Bonchev–Trinajstić information content (AvgIpc) is 3.53. The predicted octanol–water partition coefficient (Wildman–Crippen LogP) is 8.22. The maximum atomic E-state index is 6.03. The summed E-state index contributed by atoms with van der Waals surface area (Å²) in [6, 6.07) is 30.5. The molecule has 7 aromatic rings. The van der Waals surface area contributed by atoms with Gasteiger partial charge in [0.2, 0.25) is 5.71 Å². The Labute approximate surface area is 232 Å². The smallest absolute Gasteiger partial charge is 0.216 e. The van der Waals surface area contributed by atoms with E-state index in [0.717, 1.165) is 50.0 Å². The van der Waals surface area contributed by atoms with Gasteiger partial charge in [0.05, 0.1) is 5.58 Å². The zero-order chi connectivity index (χ0) is 24.5. The van der Waals surface area contributed by atoms with E-state index in [1.54, 1.807) is 11.3 Å². The minimum absolute atomic E-state index is 0. The minimum Gasteiger partial charge on any atom is -0.486 e. The number of pyridine rings is 3. The van der Waals surface area contributed by atoms with Gasteiger partial charge in [-0.25, -0.2) is 4.98 Å². The van der Waals surface area contributed by atoms with Crippen molar-refractivity contribution in [2.45, 2.75) is 13.8 Å². The topological polar surface area (TPSA) is 51.8 Å². The van der Waals surface area contributed by atoms with Crippen molar-refractivity contribution >= 4 is 43.5 Å². The van der Waals surface area contributed by atoms with Crippen LogP contribution in [0.4, 0.5) is 0 Å². The second-order valence-electron chi connectivity index (χ2n) is 8.53. The minimum atomic E-state index is 0. The number of hydrogen-bond donors (Lipinski definition) is 0. The Morgan fingerprint density at radius 2 is 1.70 bits per heavy atom. The van der Waals surface area contributed by atoms with Gasteiger partial charge in [0.1, 0.15) is 0 Å². The third-order valence-corrected chi connectivity index (χ3v) is 6.81. The largest absolute Gasteiger partial charge is 0.486 e. The molecule has 0 fully saturated rings. The van der Waals surface area contributed by atoms with Crippen LogP contribution in [0.2, 0.25) is 0 Å². The number of hydrogen-bond acceptors (Lipinski definition) is 5. The van der Waals surface area contributed by atoms with Gasteiger partial charge in [-0.3, -0.25) is 0 Å². The Bertz CT molecular complexity index is 1810. The molecule has 0 saturated carbocycles. The molecule has 4 nitrogen and oxygen atoms in total. The molecule has 7 rings (SSSR count). The van der Waals surface area contributed by atoms with Gasteiger partial charge in [-0.1, -0.05) is 29.1 Å². The van der Waals surface area contributed by atoms with Crippen molar-refractivity contribution in [1.29, 1.82) is 0 Å². The van der Waals surface area contributed by atoms with E-state index in [1.165, 1.54) is 10.3 Å². The van der Waals surface area contributed by atoms with Crippen LogP contribution in [0.1, 0.15) is 11.3 Å². The Morgan fingerprint density at radius 1 is 0.811 bits per heavy atom. The molecule has 2 aromatic carbocycles. The number of benzene rings is 2. The molecular formula is C31H21IrN3OS-2. The molecule has 0 saturated heterocycles. The normalized spacial score (nSPS) is 10.8. The molecule has 5 heterocycles. The van der Waals surface area contributed by atoms with Gasteiger partial charge in [-0.15, -0.1) is 65.4 Å². The van der Waals surface area contributed by atoms with Gasteiger partial charge in [0, 0.05) is 53.7 Å². The van der Waals surface area contributed by atoms with Crippen molar-refractivity contribution in [2.24, 2.45) is 0 Å². The average molecular weight is 676 g/mol. The van der Waals surface area contributed by atoms with Crippen LogP contribution in [-0.2, 0) is 20.1 Å². The van der Waals surface area contributed by atoms with Crippen LogP contribution in [0.15, 0.2) is 95.0 Å². The SMILES string of the molecule is Cc1ccc(-c2[c-]cccc2)nc1.Cc1ccc2c(n1)oc1c(-c3cc4sccc4cn3)[c-]ccc12.[Ir]. The zero-order valence-corrected chi connectivity index (χ0v) is 23.4. The summed E-state index contributed by atoms with van der Waals surface area (Å²) in [7, 11) is 0. The van der Waals surface area contributed by atoms with Crippen LogP contribution in [-0.4, -0.2) is 15.0 Å². The molecule has 0 spiro atoms. The Kier molecular flexibility index (Phi) is 7.24. The molecular weight excluding hydrogens is 655 g/mol. The summed E-state index contributed by atoms with van der Waals surface area (Å²) in [6.45, 7) is 4.00. The molecule has 0 unspecified atom stereocenters. The van der Waals surface area contributed by atoms with Gasteiger partial charge in [-0.05, 0) is 54.4 Å². The number of aryl methyl sites for hydroxylation is 2. The van der Waals surface area contributed by atoms with E-state index in [1.807, 2.05) is 74.8 Å². The quantitative estimate of drug-likeness (QED) is 0.173. The van der Waals surface area contributed by atoms with Gasteiger partial charge in [-0.2, -0.15) is 0 Å². The summed E-state index contributed by atoms with van der Waals surface area (Å²) in [5.74, 6) is 0. The number of furan rings is 1. The van der Waals surface area contributed by atoms with Crippen molar-refractivity contribution in [3.05, 3.63) is 114 Å². The fourth-order valence-corrected chi connectivity index (χ4v) is 4.87. The Hall–Kier alpha value is -3.70. The summed E-state index contributed by atoms with van der Waals surface area (Å²) in [4.78, 5) is 13.4. The maximum Gasteiger partial charge on any atom is 0.216 e. The van der Waals surface area contributed by atoms with Crippen molar-refractivity contribution in [2.75, 3.05) is 0 Å². The first-order valence-corrected chi connectivity index (χ1v) is 12.5. The number of rotatable bonds is 2. The molecule has 6 heteroatoms. The molecule has 0 N–H and O–H groups in total. The fourth-order valence-electron chi connectivity index (χ4n) is 4.08. The first kappa shape index (κ1) is 25.0. The molecule has 0 aliphatic carbocycles. The van der Waals surface area contributed by atoms with E-state index in [-0.39, 0.29) is 20.1 Å². The molecule has 0 atom stereocenters. The van der Waals surface area contributed by atoms with Crippen LogP contribution in [0.5, 0.6) is 0 Å². The second-order valence-corrected chi connectivity index (χ2v) is 9.48. The Morgan fingerprint density at radius 3 is 2.51 bits per heavy atom. The molecule has 183 valence electrons. The van der Waals surface area contributed by atoms with Crippen LogP contribution < -0.4 is 0 Å². The zero-order valence-electron chi connectivity index (χ0n) is 20.2. The molecule has 0 aliphatic heterocycles. The van der Waals surface area contributed by atoms with Crippen molar-refractivity contribution in [3.63, 3.8) is 0 Å². The summed E-state index contributed by atoms with van der Waals surface area (Å²) in [6.07, 6.45) is 3.77. The van der Waals surface area contributed by atoms with Gasteiger partial charge in [0.25, 0.3) is 0 Å². The fraction of sp³-hybridized carbons (Fsp3) is 0.0645. The number of nitrogens with zero attached hydrogens (tertiary/aromatic N) is 3. The van der Waals surface area contributed by atoms with Crippen molar-refractivity contribution in [1.82, 2.24) is 15.0 Å². The monoisotopic (exact) mass is 676 g/mol. The molecule has 0 aliphatic rings. The number of thiophene rings is 1. The maximum absolute atomic E-state index is 6.03. The van der Waals surface area contributed by atoms with Crippen molar-refractivity contribution < 1.29 is 24.5 Å². The first-order valence-electron chi connectivity index (χ1n) is 11.6. The summed E-state index contributed by atoms with van der Waals surface area (Å²) in [5.41, 5.74) is 7.37. The predicted molar refractivity (Wildman–Crippen MR) is 147 cm³/mol. The third kappa shape index (κ3) is 5.09. The van der Waals surface area contributed by atoms with Crippen LogP contribution >= 0.6 is 11.3 Å². The molecule has 37 heavy (non-hydrogen) atoms. The molecule has 5 aromatic heterocycles. The standard InChI is InChI=1S/C19H11N2OS.C12H10N.Ir/c1-11-5-6-14-13-3-2-4-15(18(13)22-19(14)21-11)16-9-17-12(10-20-16)7-8-23-17;1-10-7-8-12(13-9-10)11-5-3-2-4-6-11;/h2-3,5-10H,1H3;2-5,7-9H,1H3;/q2*-1;. The third-order valence-electron chi connectivity index (χ3n) is 5.93. The van der Waals surface area contributed by atoms with E-state index in [4.69, 9.17) is 4.42 Å². The van der Waals surface area contributed by atoms with E-state index in [2.05, 4.69) is 56.7 Å². The summed E-state index contributed by atoms with van der Waals surface area (Å²) in [5, 5.41) is 5.31. The van der Waals surface area contributed by atoms with E-state index in [9.17, 15) is 0 Å². The van der Waals surface area contributed by atoms with E-state index >= 15 is 0 Å². The van der Waals surface area contributed by atoms with Crippen LogP contribution in [0, 0.1) is 26.0 Å². The van der Waals surface area contributed by atoms with Crippen LogP contribution in [0.3, 0.4) is 0 Å². The van der Waals surface area contributed by atoms with Crippen LogP contribution in [0.25, 0.3) is 54.7 Å². The molecule has 0 amide bonds. The molecule has 0 bridgehead atoms. The number of aromatic nitrogens is 3. The summed E-state index contributed by atoms with van der Waals surface area (Å²) >= 11 is 1.71. The molecule has 1 radical (unpaired) electrons. The van der Waals surface area contributed by atoms with E-state index in [0.29, 0.717) is 5.71 Å². The van der Waals surface area contributed by atoms with E-state index < -0.39 is 0 Å². The van der Waals surface area contributed by atoms with Gasteiger partial charge in [0.15, 0.2) is 0 Å². The summed E-state index contributed by atoms with van der Waals surface area (Å²) < 4.78 is 7.25.